The topological polar surface area (TPSA) is 38.7 Å². The van der Waals surface area contributed by atoms with E-state index in [4.69, 9.17) is 9.47 Å². The van der Waals surface area contributed by atoms with Gasteiger partial charge >= 0.3 is 0 Å². The van der Waals surface area contributed by atoms with E-state index in [1.807, 2.05) is 31.2 Å². The monoisotopic (exact) mass is 224 g/mol. The smallest absolute Gasteiger partial charge is 0.159 e. The minimum absolute atomic E-state index is 0.392. The Morgan fingerprint density at radius 3 is 2.12 bits per heavy atom. The molecular formula is C13H20O3. The molecule has 0 fully saturated rings. The highest BCUT2D eigenvalue weighted by Crippen LogP contribution is 2.27. The molecule has 0 aliphatic heterocycles. The molecule has 0 saturated carbocycles. The first-order valence-corrected chi connectivity index (χ1v) is 5.34. The highest BCUT2D eigenvalue weighted by molar-refractivity contribution is 5.25. The molecule has 3 nitrogen and oxygen atoms in total. The van der Waals surface area contributed by atoms with Crippen LogP contribution in [0.3, 0.4) is 0 Å². The molecule has 0 amide bonds. The summed E-state index contributed by atoms with van der Waals surface area (Å²) in [6.07, 6.45) is 0.0135. The van der Waals surface area contributed by atoms with E-state index in [0.717, 1.165) is 5.56 Å². The molecule has 0 spiro atoms. The SMILES string of the molecule is COC(CC(C)(O)c1ccc(C)cc1)OC. The molecule has 0 saturated heterocycles. The fraction of sp³-hybridized carbons (Fsp3) is 0.538. The minimum Gasteiger partial charge on any atom is -0.385 e. The van der Waals surface area contributed by atoms with Gasteiger partial charge in [0, 0.05) is 20.6 Å². The number of rotatable bonds is 5. The van der Waals surface area contributed by atoms with Gasteiger partial charge < -0.3 is 14.6 Å². The molecule has 0 radical (unpaired) electrons. The summed E-state index contributed by atoms with van der Waals surface area (Å²) in [6.45, 7) is 3.79. The molecule has 0 aliphatic carbocycles. The van der Waals surface area contributed by atoms with Crippen LogP contribution in [0.25, 0.3) is 0 Å². The van der Waals surface area contributed by atoms with Crippen LogP contribution < -0.4 is 0 Å². The van der Waals surface area contributed by atoms with Crippen molar-refractivity contribution in [1.29, 1.82) is 0 Å². The molecule has 1 atom stereocenters. The highest BCUT2D eigenvalue weighted by atomic mass is 16.7. The van der Waals surface area contributed by atoms with Gasteiger partial charge in [0.15, 0.2) is 6.29 Å². The van der Waals surface area contributed by atoms with Crippen LogP contribution in [-0.2, 0) is 15.1 Å². The van der Waals surface area contributed by atoms with Crippen LogP contribution in [-0.4, -0.2) is 25.6 Å². The van der Waals surface area contributed by atoms with Gasteiger partial charge in [-0.25, -0.2) is 0 Å². The van der Waals surface area contributed by atoms with Crippen molar-refractivity contribution < 1.29 is 14.6 Å². The summed E-state index contributed by atoms with van der Waals surface area (Å²) >= 11 is 0. The molecule has 16 heavy (non-hydrogen) atoms. The van der Waals surface area contributed by atoms with Crippen molar-refractivity contribution in [2.24, 2.45) is 0 Å². The Morgan fingerprint density at radius 1 is 1.19 bits per heavy atom. The van der Waals surface area contributed by atoms with Gasteiger partial charge in [-0.3, -0.25) is 0 Å². The van der Waals surface area contributed by atoms with Crippen LogP contribution in [0.2, 0.25) is 0 Å². The van der Waals surface area contributed by atoms with Gasteiger partial charge in [-0.05, 0) is 19.4 Å². The van der Waals surface area contributed by atoms with Crippen molar-refractivity contribution in [1.82, 2.24) is 0 Å². The highest BCUT2D eigenvalue weighted by Gasteiger charge is 2.27. The third-order valence-electron chi connectivity index (χ3n) is 2.76. The number of hydrogen-bond acceptors (Lipinski definition) is 3. The van der Waals surface area contributed by atoms with Crippen molar-refractivity contribution in [2.45, 2.75) is 32.2 Å². The number of methoxy groups -OCH3 is 2. The van der Waals surface area contributed by atoms with Crippen LogP contribution in [0.15, 0.2) is 24.3 Å². The van der Waals surface area contributed by atoms with Crippen LogP contribution in [0.1, 0.15) is 24.5 Å². The molecule has 0 bridgehead atoms. The zero-order chi connectivity index (χ0) is 12.2. The van der Waals surface area contributed by atoms with Crippen molar-refractivity contribution in [3.63, 3.8) is 0 Å². The Balaban J connectivity index is 2.80. The summed E-state index contributed by atoms with van der Waals surface area (Å²) in [5.41, 5.74) is 1.11. The Hall–Kier alpha value is -0.900. The van der Waals surface area contributed by atoms with E-state index in [1.165, 1.54) is 5.56 Å². The third kappa shape index (κ3) is 3.30. The van der Waals surface area contributed by atoms with E-state index in [2.05, 4.69) is 0 Å². The molecule has 1 aromatic rings. The maximum atomic E-state index is 10.3. The number of benzene rings is 1. The van der Waals surface area contributed by atoms with Crippen LogP contribution in [0.5, 0.6) is 0 Å². The maximum absolute atomic E-state index is 10.3. The molecule has 90 valence electrons. The summed E-state index contributed by atoms with van der Waals surface area (Å²) in [7, 11) is 3.14. The quantitative estimate of drug-likeness (QED) is 0.779. The number of ether oxygens (including phenoxy) is 2. The fourth-order valence-corrected chi connectivity index (χ4v) is 1.62. The van der Waals surface area contributed by atoms with Gasteiger partial charge in [-0.15, -0.1) is 0 Å². The van der Waals surface area contributed by atoms with Gasteiger partial charge in [0.05, 0.1) is 5.60 Å². The van der Waals surface area contributed by atoms with Crippen molar-refractivity contribution in [3.8, 4) is 0 Å². The molecule has 1 unspecified atom stereocenters. The molecule has 1 aromatic carbocycles. The van der Waals surface area contributed by atoms with E-state index in [1.54, 1.807) is 21.1 Å². The second-order valence-corrected chi connectivity index (χ2v) is 4.24. The molecule has 0 heterocycles. The Labute approximate surface area is 97.0 Å². The molecule has 1 N–H and O–H groups in total. The predicted octanol–water partition coefficient (Wildman–Crippen LogP) is 2.21. The lowest BCUT2D eigenvalue weighted by Crippen LogP contribution is -2.29. The fourth-order valence-electron chi connectivity index (χ4n) is 1.62. The summed E-state index contributed by atoms with van der Waals surface area (Å²) in [6, 6.07) is 7.83. The summed E-state index contributed by atoms with van der Waals surface area (Å²) < 4.78 is 10.2. The second-order valence-electron chi connectivity index (χ2n) is 4.24. The lowest BCUT2D eigenvalue weighted by Gasteiger charge is -2.27. The maximum Gasteiger partial charge on any atom is 0.159 e. The van der Waals surface area contributed by atoms with E-state index in [0.29, 0.717) is 6.42 Å². The second kappa shape index (κ2) is 5.43. The van der Waals surface area contributed by atoms with Gasteiger partial charge in [-0.1, -0.05) is 29.8 Å². The summed E-state index contributed by atoms with van der Waals surface area (Å²) in [4.78, 5) is 0. The Morgan fingerprint density at radius 2 is 1.69 bits per heavy atom. The normalized spacial score (nSPS) is 15.1. The van der Waals surface area contributed by atoms with E-state index in [9.17, 15) is 5.11 Å². The molecule has 0 aromatic heterocycles. The zero-order valence-corrected chi connectivity index (χ0v) is 10.4. The lowest BCUT2D eigenvalue weighted by molar-refractivity contribution is -0.142. The molecule has 3 heteroatoms. The first kappa shape index (κ1) is 13.2. The Bertz CT molecular complexity index is 312. The first-order valence-electron chi connectivity index (χ1n) is 5.34. The van der Waals surface area contributed by atoms with Crippen LogP contribution >= 0.6 is 0 Å². The Kier molecular flexibility index (Phi) is 4.47. The standard InChI is InChI=1S/C13H20O3/c1-10-5-7-11(8-6-10)13(2,14)9-12(15-3)16-4/h5-8,12,14H,9H2,1-4H3. The molecular weight excluding hydrogens is 204 g/mol. The summed E-state index contributed by atoms with van der Waals surface area (Å²) in [5.74, 6) is 0. The minimum atomic E-state index is -0.940. The van der Waals surface area contributed by atoms with E-state index < -0.39 is 11.9 Å². The predicted molar refractivity (Wildman–Crippen MR) is 63.2 cm³/mol. The molecule has 0 aliphatic rings. The van der Waals surface area contributed by atoms with Gasteiger partial charge in [0.25, 0.3) is 0 Å². The van der Waals surface area contributed by atoms with Crippen molar-refractivity contribution in [3.05, 3.63) is 35.4 Å². The average Bonchev–Trinajstić information content (AvgIpc) is 2.26. The van der Waals surface area contributed by atoms with Crippen LogP contribution in [0, 0.1) is 6.92 Å². The number of hydrogen-bond donors (Lipinski definition) is 1. The van der Waals surface area contributed by atoms with E-state index >= 15 is 0 Å². The first-order chi connectivity index (χ1) is 7.49. The van der Waals surface area contributed by atoms with Gasteiger partial charge in [0.2, 0.25) is 0 Å². The molecule has 1 rings (SSSR count). The lowest BCUT2D eigenvalue weighted by atomic mass is 9.91. The number of aryl methyl sites for hydroxylation is 1. The van der Waals surface area contributed by atoms with Gasteiger partial charge in [-0.2, -0.15) is 0 Å². The summed E-state index contributed by atoms with van der Waals surface area (Å²) in [5, 5.41) is 10.3. The van der Waals surface area contributed by atoms with Crippen LogP contribution in [0.4, 0.5) is 0 Å². The average molecular weight is 224 g/mol. The van der Waals surface area contributed by atoms with E-state index in [-0.39, 0.29) is 0 Å². The zero-order valence-electron chi connectivity index (χ0n) is 10.4. The van der Waals surface area contributed by atoms with Crippen molar-refractivity contribution in [2.75, 3.05) is 14.2 Å². The van der Waals surface area contributed by atoms with Gasteiger partial charge in [0.1, 0.15) is 0 Å². The number of aliphatic hydroxyl groups is 1. The van der Waals surface area contributed by atoms with Crippen molar-refractivity contribution >= 4 is 0 Å². The largest absolute Gasteiger partial charge is 0.385 e. The third-order valence-corrected chi connectivity index (χ3v) is 2.76.